The minimum atomic E-state index is -1.14. The zero-order chi connectivity index (χ0) is 31.1. The van der Waals surface area contributed by atoms with E-state index in [1.165, 1.54) is 103 Å². The van der Waals surface area contributed by atoms with Gasteiger partial charge in [0, 0.05) is 6.42 Å². The van der Waals surface area contributed by atoms with Crippen molar-refractivity contribution >= 4 is 5.91 Å². The van der Waals surface area contributed by atoms with E-state index in [0.717, 1.165) is 64.2 Å². The van der Waals surface area contributed by atoms with Gasteiger partial charge in [0.25, 0.3) is 0 Å². The van der Waals surface area contributed by atoms with E-state index in [0.29, 0.717) is 12.8 Å². The third-order valence-corrected chi connectivity index (χ3v) is 8.79. The summed E-state index contributed by atoms with van der Waals surface area (Å²) in [6.45, 7) is 4.08. The molecule has 5 N–H and O–H groups in total. The molecule has 6 heteroatoms. The fraction of sp³-hybridized carbons (Fsp3) is 0.972. The highest BCUT2D eigenvalue weighted by atomic mass is 16.3. The van der Waals surface area contributed by atoms with Crippen LogP contribution in [0.2, 0.25) is 0 Å². The summed E-state index contributed by atoms with van der Waals surface area (Å²) in [5.74, 6) is -0.168. The second-order valence-electron chi connectivity index (χ2n) is 13.0. The van der Waals surface area contributed by atoms with Crippen LogP contribution in [0.4, 0.5) is 0 Å². The molecule has 0 aromatic heterocycles. The lowest BCUT2D eigenvalue weighted by atomic mass is 9.99. The van der Waals surface area contributed by atoms with Crippen LogP contribution >= 0.6 is 0 Å². The fourth-order valence-corrected chi connectivity index (χ4v) is 5.83. The quantitative estimate of drug-likeness (QED) is 0.0486. The molecule has 0 heterocycles. The maximum atomic E-state index is 12.3. The average Bonchev–Trinajstić information content (AvgIpc) is 2.99. The van der Waals surface area contributed by atoms with Gasteiger partial charge in [-0.1, -0.05) is 162 Å². The Bertz CT molecular complexity index is 561. The van der Waals surface area contributed by atoms with Crippen molar-refractivity contribution in [3.8, 4) is 0 Å². The third kappa shape index (κ3) is 26.9. The maximum Gasteiger partial charge on any atom is 0.220 e. The predicted octanol–water partition coefficient (Wildman–Crippen LogP) is 8.51. The number of nitrogens with one attached hydrogen (secondary N) is 1. The van der Waals surface area contributed by atoms with Gasteiger partial charge in [0.1, 0.15) is 6.10 Å². The lowest BCUT2D eigenvalue weighted by Gasteiger charge is -2.26. The fourth-order valence-electron chi connectivity index (χ4n) is 5.83. The molecule has 0 fully saturated rings. The number of hydrogen-bond donors (Lipinski definition) is 5. The molecule has 4 atom stereocenters. The number of aliphatic hydroxyl groups is 4. The molecular weight excluding hydrogens is 526 g/mol. The van der Waals surface area contributed by atoms with Gasteiger partial charge in [-0.25, -0.2) is 0 Å². The molecular formula is C36H73NO5. The van der Waals surface area contributed by atoms with Crippen molar-refractivity contribution in [1.82, 2.24) is 5.32 Å². The summed E-state index contributed by atoms with van der Waals surface area (Å²) in [4.78, 5) is 12.3. The molecule has 0 aliphatic carbocycles. The minimum absolute atomic E-state index is 0.123. The first-order chi connectivity index (χ1) is 20.5. The Balaban J connectivity index is 3.71. The van der Waals surface area contributed by atoms with E-state index in [9.17, 15) is 25.2 Å². The van der Waals surface area contributed by atoms with Crippen molar-refractivity contribution in [3.63, 3.8) is 0 Å². The van der Waals surface area contributed by atoms with E-state index >= 15 is 0 Å². The maximum absolute atomic E-state index is 12.3. The summed E-state index contributed by atoms with van der Waals surface area (Å²) in [6, 6.07) is -0.820. The van der Waals surface area contributed by atoms with Crippen molar-refractivity contribution in [2.75, 3.05) is 6.61 Å². The summed E-state index contributed by atoms with van der Waals surface area (Å²) < 4.78 is 0. The first kappa shape index (κ1) is 41.3. The van der Waals surface area contributed by atoms with Crippen molar-refractivity contribution in [1.29, 1.82) is 0 Å². The van der Waals surface area contributed by atoms with Crippen LogP contribution in [0, 0.1) is 0 Å². The molecule has 0 spiro atoms. The van der Waals surface area contributed by atoms with Gasteiger partial charge in [0.05, 0.1) is 24.9 Å². The van der Waals surface area contributed by atoms with Crippen molar-refractivity contribution < 1.29 is 25.2 Å². The molecule has 0 aromatic carbocycles. The summed E-state index contributed by atoms with van der Waals surface area (Å²) in [5, 5.41) is 43.3. The molecule has 0 radical (unpaired) electrons. The van der Waals surface area contributed by atoms with Crippen LogP contribution in [0.15, 0.2) is 0 Å². The van der Waals surface area contributed by atoms with Gasteiger partial charge >= 0.3 is 0 Å². The minimum Gasteiger partial charge on any atom is -0.394 e. The molecule has 0 rings (SSSR count). The van der Waals surface area contributed by atoms with E-state index in [4.69, 9.17) is 0 Å². The van der Waals surface area contributed by atoms with Crippen LogP contribution in [0.1, 0.15) is 194 Å². The summed E-state index contributed by atoms with van der Waals surface area (Å²) >= 11 is 0. The van der Waals surface area contributed by atoms with Gasteiger partial charge in [-0.15, -0.1) is 0 Å². The molecule has 0 saturated heterocycles. The van der Waals surface area contributed by atoms with Crippen LogP contribution in [0.25, 0.3) is 0 Å². The van der Waals surface area contributed by atoms with Crippen LogP contribution < -0.4 is 5.32 Å². The van der Waals surface area contributed by atoms with E-state index in [1.807, 2.05) is 0 Å². The van der Waals surface area contributed by atoms with Gasteiger partial charge in [-0.05, 0) is 25.7 Å². The highest BCUT2D eigenvalue weighted by Crippen LogP contribution is 2.16. The van der Waals surface area contributed by atoms with E-state index < -0.39 is 18.2 Å². The summed E-state index contributed by atoms with van der Waals surface area (Å²) in [7, 11) is 0. The monoisotopic (exact) mass is 600 g/mol. The number of unbranched alkanes of at least 4 members (excludes halogenated alkanes) is 21. The largest absolute Gasteiger partial charge is 0.394 e. The number of rotatable bonds is 33. The Labute approximate surface area is 260 Å². The van der Waals surface area contributed by atoms with Gasteiger partial charge in [-0.2, -0.15) is 0 Å². The number of carbonyl (C=O) groups is 1. The third-order valence-electron chi connectivity index (χ3n) is 8.79. The normalized spacial score (nSPS) is 14.5. The highest BCUT2D eigenvalue weighted by molar-refractivity contribution is 5.76. The highest BCUT2D eigenvalue weighted by Gasteiger charge is 2.26. The predicted molar refractivity (Wildman–Crippen MR) is 178 cm³/mol. The zero-order valence-corrected chi connectivity index (χ0v) is 28.0. The second-order valence-corrected chi connectivity index (χ2v) is 13.0. The second kappa shape index (κ2) is 31.7. The number of amides is 1. The van der Waals surface area contributed by atoms with Gasteiger partial charge < -0.3 is 25.7 Å². The lowest BCUT2D eigenvalue weighted by Crippen LogP contribution is -2.50. The average molecular weight is 600 g/mol. The molecule has 6 nitrogen and oxygen atoms in total. The van der Waals surface area contributed by atoms with E-state index in [2.05, 4.69) is 19.2 Å². The molecule has 0 saturated carbocycles. The standard InChI is InChI=1S/C36H73NO5/c1-3-5-7-9-10-11-12-13-14-18-21-25-29-34(40)36(42)33(31-38)37-35(41)30-26-22-19-16-15-17-20-24-28-32(39)27-23-8-6-4-2/h32-34,36,38-40,42H,3-31H2,1-2H3,(H,37,41)/t32?,33-,34+,36-/m0/s1. The van der Waals surface area contributed by atoms with Crippen molar-refractivity contribution in [2.24, 2.45) is 0 Å². The molecule has 0 aromatic rings. The Morgan fingerprint density at radius 2 is 0.881 bits per heavy atom. The Hall–Kier alpha value is -0.690. The Morgan fingerprint density at radius 1 is 0.524 bits per heavy atom. The van der Waals surface area contributed by atoms with Crippen molar-refractivity contribution in [2.45, 2.75) is 218 Å². The van der Waals surface area contributed by atoms with Crippen LogP contribution in [0.3, 0.4) is 0 Å². The number of hydrogen-bond acceptors (Lipinski definition) is 5. The van der Waals surface area contributed by atoms with Gasteiger partial charge in [0.15, 0.2) is 0 Å². The topological polar surface area (TPSA) is 110 Å². The first-order valence-electron chi connectivity index (χ1n) is 18.4. The van der Waals surface area contributed by atoms with Gasteiger partial charge in [-0.3, -0.25) is 4.79 Å². The number of aliphatic hydroxyl groups excluding tert-OH is 4. The summed E-state index contributed by atoms with van der Waals surface area (Å²) in [5.41, 5.74) is 0. The Morgan fingerprint density at radius 3 is 1.31 bits per heavy atom. The van der Waals surface area contributed by atoms with Gasteiger partial charge in [0.2, 0.25) is 5.91 Å². The molecule has 1 unspecified atom stereocenters. The smallest absolute Gasteiger partial charge is 0.220 e. The molecule has 42 heavy (non-hydrogen) atoms. The molecule has 1 amide bonds. The lowest BCUT2D eigenvalue weighted by molar-refractivity contribution is -0.124. The Kier molecular flexibility index (Phi) is 31.2. The zero-order valence-electron chi connectivity index (χ0n) is 28.0. The SMILES string of the molecule is CCCCCCCCCCCCCC[C@@H](O)[C@@H](O)[C@H](CO)NC(=O)CCCCCCCCCCC(O)CCCCCC. The van der Waals surface area contributed by atoms with E-state index in [-0.39, 0.29) is 18.6 Å². The summed E-state index contributed by atoms with van der Waals surface area (Å²) in [6.07, 6.45) is 29.2. The molecule has 0 aliphatic rings. The first-order valence-corrected chi connectivity index (χ1v) is 18.4. The molecule has 0 bridgehead atoms. The van der Waals surface area contributed by atoms with Crippen molar-refractivity contribution in [3.05, 3.63) is 0 Å². The van der Waals surface area contributed by atoms with Crippen LogP contribution in [-0.4, -0.2) is 57.3 Å². The van der Waals surface area contributed by atoms with Crippen LogP contribution in [-0.2, 0) is 4.79 Å². The van der Waals surface area contributed by atoms with E-state index in [1.54, 1.807) is 0 Å². The molecule has 252 valence electrons. The number of carbonyl (C=O) groups excluding carboxylic acids is 1. The molecule has 0 aliphatic heterocycles. The van der Waals surface area contributed by atoms with Crippen LogP contribution in [0.5, 0.6) is 0 Å².